The SMILES string of the molecule is CN(C)c1nccnc1OC1CCCN(C(=O)c2cc(Cl)ccc2Cl)C1. The van der Waals surface area contributed by atoms with E-state index in [0.29, 0.717) is 40.4 Å². The lowest BCUT2D eigenvalue weighted by molar-refractivity contribution is 0.0528. The Kier molecular flexibility index (Phi) is 5.84. The van der Waals surface area contributed by atoms with Crippen LogP contribution in [0.15, 0.2) is 30.6 Å². The molecule has 3 rings (SSSR count). The van der Waals surface area contributed by atoms with E-state index in [4.69, 9.17) is 27.9 Å². The fraction of sp³-hybridized carbons (Fsp3) is 0.389. The van der Waals surface area contributed by atoms with Gasteiger partial charge < -0.3 is 14.5 Å². The number of rotatable bonds is 4. The molecule has 0 saturated carbocycles. The first-order chi connectivity index (χ1) is 12.5. The molecule has 0 N–H and O–H groups in total. The molecule has 1 amide bonds. The number of aromatic nitrogens is 2. The lowest BCUT2D eigenvalue weighted by atomic mass is 10.1. The Labute approximate surface area is 162 Å². The Morgan fingerprint density at radius 2 is 2.04 bits per heavy atom. The third kappa shape index (κ3) is 4.19. The second kappa shape index (κ2) is 8.10. The van der Waals surface area contributed by atoms with Crippen molar-refractivity contribution in [2.45, 2.75) is 18.9 Å². The molecule has 6 nitrogen and oxygen atoms in total. The molecule has 1 fully saturated rings. The molecule has 1 atom stereocenters. The number of amides is 1. The lowest BCUT2D eigenvalue weighted by Crippen LogP contribution is -2.44. The normalized spacial score (nSPS) is 17.1. The summed E-state index contributed by atoms with van der Waals surface area (Å²) >= 11 is 12.2. The molecule has 1 aromatic heterocycles. The van der Waals surface area contributed by atoms with E-state index >= 15 is 0 Å². The Bertz CT molecular complexity index is 801. The van der Waals surface area contributed by atoms with Gasteiger partial charge in [-0.25, -0.2) is 9.97 Å². The lowest BCUT2D eigenvalue weighted by Gasteiger charge is -2.33. The van der Waals surface area contributed by atoms with E-state index in [9.17, 15) is 4.79 Å². The van der Waals surface area contributed by atoms with Crippen molar-refractivity contribution in [2.24, 2.45) is 0 Å². The Morgan fingerprint density at radius 3 is 2.81 bits per heavy atom. The minimum absolute atomic E-state index is 0.141. The number of carbonyl (C=O) groups is 1. The molecule has 0 aliphatic carbocycles. The zero-order valence-electron chi connectivity index (χ0n) is 14.7. The number of hydrogen-bond donors (Lipinski definition) is 0. The second-order valence-corrected chi connectivity index (χ2v) is 7.18. The molecule has 138 valence electrons. The van der Waals surface area contributed by atoms with Crippen LogP contribution in [0.1, 0.15) is 23.2 Å². The highest BCUT2D eigenvalue weighted by molar-refractivity contribution is 6.35. The number of carbonyl (C=O) groups excluding carboxylic acids is 1. The topological polar surface area (TPSA) is 58.6 Å². The minimum atomic E-state index is -0.152. The van der Waals surface area contributed by atoms with E-state index in [1.807, 2.05) is 19.0 Å². The molecular weight excluding hydrogens is 375 g/mol. The average molecular weight is 395 g/mol. The summed E-state index contributed by atoms with van der Waals surface area (Å²) in [5, 5.41) is 0.879. The Hall–Kier alpha value is -2.05. The van der Waals surface area contributed by atoms with E-state index in [1.165, 1.54) is 0 Å². The first-order valence-electron chi connectivity index (χ1n) is 8.35. The number of likely N-dealkylation sites (tertiary alicyclic amines) is 1. The van der Waals surface area contributed by atoms with Crippen LogP contribution in [0.5, 0.6) is 5.88 Å². The van der Waals surface area contributed by atoms with Crippen molar-refractivity contribution in [3.63, 3.8) is 0 Å². The fourth-order valence-corrected chi connectivity index (χ4v) is 3.29. The molecule has 2 aromatic rings. The molecule has 1 aromatic carbocycles. The summed E-state index contributed by atoms with van der Waals surface area (Å²) in [5.74, 6) is 0.990. The number of anilines is 1. The maximum Gasteiger partial charge on any atom is 0.257 e. The summed E-state index contributed by atoms with van der Waals surface area (Å²) in [4.78, 5) is 25.0. The van der Waals surface area contributed by atoms with Gasteiger partial charge in [-0.05, 0) is 31.0 Å². The molecule has 1 unspecified atom stereocenters. The van der Waals surface area contributed by atoms with Crippen LogP contribution < -0.4 is 9.64 Å². The van der Waals surface area contributed by atoms with Crippen molar-refractivity contribution < 1.29 is 9.53 Å². The van der Waals surface area contributed by atoms with Gasteiger partial charge in [0, 0.05) is 38.1 Å². The largest absolute Gasteiger partial charge is 0.470 e. The van der Waals surface area contributed by atoms with Gasteiger partial charge in [0.1, 0.15) is 6.10 Å². The first kappa shape index (κ1) is 18.7. The van der Waals surface area contributed by atoms with E-state index in [-0.39, 0.29) is 12.0 Å². The van der Waals surface area contributed by atoms with Gasteiger partial charge in [-0.1, -0.05) is 23.2 Å². The van der Waals surface area contributed by atoms with E-state index < -0.39 is 0 Å². The number of ether oxygens (including phenoxy) is 1. The van der Waals surface area contributed by atoms with Gasteiger partial charge in [0.25, 0.3) is 11.8 Å². The number of piperidine rings is 1. The molecule has 1 aliphatic heterocycles. The van der Waals surface area contributed by atoms with Gasteiger partial charge in [0.2, 0.25) is 0 Å². The summed E-state index contributed by atoms with van der Waals surface area (Å²) in [5.41, 5.74) is 0.410. The molecule has 0 radical (unpaired) electrons. The Balaban J connectivity index is 1.74. The van der Waals surface area contributed by atoms with Crippen molar-refractivity contribution in [3.8, 4) is 5.88 Å². The highest BCUT2D eigenvalue weighted by Crippen LogP contribution is 2.26. The number of nitrogens with zero attached hydrogens (tertiary/aromatic N) is 4. The van der Waals surface area contributed by atoms with Crippen LogP contribution in [-0.2, 0) is 0 Å². The van der Waals surface area contributed by atoms with Crippen LogP contribution >= 0.6 is 23.2 Å². The van der Waals surface area contributed by atoms with Crippen LogP contribution in [0, 0.1) is 0 Å². The van der Waals surface area contributed by atoms with Gasteiger partial charge in [-0.3, -0.25) is 4.79 Å². The van der Waals surface area contributed by atoms with Crippen molar-refractivity contribution in [2.75, 3.05) is 32.1 Å². The van der Waals surface area contributed by atoms with Crippen LogP contribution in [0.4, 0.5) is 5.82 Å². The Morgan fingerprint density at radius 1 is 1.27 bits per heavy atom. The fourth-order valence-electron chi connectivity index (χ4n) is 2.92. The van der Waals surface area contributed by atoms with Crippen molar-refractivity contribution >= 4 is 34.9 Å². The van der Waals surface area contributed by atoms with Gasteiger partial charge in [0.05, 0.1) is 17.1 Å². The molecule has 0 spiro atoms. The molecular formula is C18H20Cl2N4O2. The number of halogens is 2. The van der Waals surface area contributed by atoms with Crippen LogP contribution in [0.25, 0.3) is 0 Å². The zero-order chi connectivity index (χ0) is 18.7. The van der Waals surface area contributed by atoms with Gasteiger partial charge in [-0.15, -0.1) is 0 Å². The van der Waals surface area contributed by atoms with Gasteiger partial charge in [0.15, 0.2) is 5.82 Å². The zero-order valence-corrected chi connectivity index (χ0v) is 16.2. The van der Waals surface area contributed by atoms with E-state index in [0.717, 1.165) is 12.8 Å². The summed E-state index contributed by atoms with van der Waals surface area (Å²) in [7, 11) is 3.77. The maximum atomic E-state index is 12.8. The summed E-state index contributed by atoms with van der Waals surface area (Å²) in [6.45, 7) is 1.12. The molecule has 0 bridgehead atoms. The van der Waals surface area contributed by atoms with Gasteiger partial charge in [-0.2, -0.15) is 0 Å². The summed E-state index contributed by atoms with van der Waals surface area (Å²) in [6.07, 6.45) is 4.75. The number of hydrogen-bond acceptors (Lipinski definition) is 5. The average Bonchev–Trinajstić information content (AvgIpc) is 2.63. The quantitative estimate of drug-likeness (QED) is 0.793. The molecule has 1 saturated heterocycles. The number of benzene rings is 1. The predicted molar refractivity (Wildman–Crippen MR) is 102 cm³/mol. The van der Waals surface area contributed by atoms with Crippen molar-refractivity contribution in [1.29, 1.82) is 0 Å². The molecule has 1 aliphatic rings. The van der Waals surface area contributed by atoms with Crippen molar-refractivity contribution in [1.82, 2.24) is 14.9 Å². The first-order valence-corrected chi connectivity index (χ1v) is 9.10. The van der Waals surface area contributed by atoms with Crippen LogP contribution in [0.3, 0.4) is 0 Å². The van der Waals surface area contributed by atoms with E-state index in [2.05, 4.69) is 9.97 Å². The van der Waals surface area contributed by atoms with Crippen LogP contribution in [0.2, 0.25) is 10.0 Å². The predicted octanol–water partition coefficient (Wildman–Crippen LogP) is 3.53. The van der Waals surface area contributed by atoms with Crippen molar-refractivity contribution in [3.05, 3.63) is 46.2 Å². The van der Waals surface area contributed by atoms with Gasteiger partial charge >= 0.3 is 0 Å². The summed E-state index contributed by atoms with van der Waals surface area (Å²) < 4.78 is 6.05. The minimum Gasteiger partial charge on any atom is -0.470 e. The van der Waals surface area contributed by atoms with Crippen LogP contribution in [-0.4, -0.2) is 54.1 Å². The summed E-state index contributed by atoms with van der Waals surface area (Å²) in [6, 6.07) is 4.90. The molecule has 8 heteroatoms. The smallest absolute Gasteiger partial charge is 0.257 e. The third-order valence-electron chi connectivity index (χ3n) is 4.17. The third-order valence-corrected chi connectivity index (χ3v) is 4.74. The molecule has 26 heavy (non-hydrogen) atoms. The highest BCUT2D eigenvalue weighted by atomic mass is 35.5. The monoisotopic (exact) mass is 394 g/mol. The standard InChI is InChI=1S/C18H20Cl2N4O2/c1-23(2)16-17(22-8-7-21-16)26-13-4-3-9-24(11-13)18(25)14-10-12(19)5-6-15(14)20/h5-8,10,13H,3-4,9,11H2,1-2H3. The highest BCUT2D eigenvalue weighted by Gasteiger charge is 2.28. The van der Waals surface area contributed by atoms with E-state index in [1.54, 1.807) is 35.5 Å². The maximum absolute atomic E-state index is 12.8. The second-order valence-electron chi connectivity index (χ2n) is 6.34. The molecule has 2 heterocycles.